The van der Waals surface area contributed by atoms with Crippen LogP contribution in [0.1, 0.15) is 0 Å². The van der Waals surface area contributed by atoms with E-state index >= 15 is 0 Å². The molecular weight excluding hydrogens is 341 g/mol. The van der Waals surface area contributed by atoms with E-state index in [4.69, 9.17) is 16.6 Å². The van der Waals surface area contributed by atoms with Gasteiger partial charge in [0.15, 0.2) is 0 Å². The third-order valence-electron chi connectivity index (χ3n) is 4.30. The minimum atomic E-state index is 0. The zero-order valence-corrected chi connectivity index (χ0v) is 14.8. The first-order valence-electron chi connectivity index (χ1n) is 7.93. The highest BCUT2D eigenvalue weighted by Crippen LogP contribution is 2.34. The average molecular weight is 360 g/mol. The number of fused-ring (bicyclic) bond motifs is 1. The van der Waals surface area contributed by atoms with Gasteiger partial charge in [0.05, 0.1) is 16.2 Å². The smallest absolute Gasteiger partial charge is 0.0916 e. The third kappa shape index (κ3) is 3.20. The minimum Gasteiger partial charge on any atom is -0.368 e. The lowest BCUT2D eigenvalue weighted by Crippen LogP contribution is -2.43. The Morgan fingerprint density at radius 2 is 1.71 bits per heavy atom. The number of hydrogen-bond acceptors (Lipinski definition) is 3. The molecule has 0 bridgehead atoms. The molecule has 0 aliphatic carbocycles. The zero-order chi connectivity index (χ0) is 15.6. The molecule has 24 heavy (non-hydrogen) atoms. The number of para-hydroxylation sites is 1. The Morgan fingerprint density at radius 3 is 2.46 bits per heavy atom. The van der Waals surface area contributed by atoms with E-state index in [-0.39, 0.29) is 12.4 Å². The van der Waals surface area contributed by atoms with E-state index in [1.165, 1.54) is 5.69 Å². The van der Waals surface area contributed by atoms with E-state index in [1.54, 1.807) is 0 Å². The lowest BCUT2D eigenvalue weighted by molar-refractivity contribution is 0.590. The molecule has 0 spiro atoms. The summed E-state index contributed by atoms with van der Waals surface area (Å²) in [5, 5.41) is 5.24. The molecule has 5 heteroatoms. The quantitative estimate of drug-likeness (QED) is 0.735. The van der Waals surface area contributed by atoms with Gasteiger partial charge >= 0.3 is 0 Å². The van der Waals surface area contributed by atoms with Crippen molar-refractivity contribution < 1.29 is 0 Å². The molecule has 1 aromatic heterocycles. The molecule has 1 aliphatic rings. The van der Waals surface area contributed by atoms with Crippen molar-refractivity contribution >= 4 is 40.6 Å². The first-order valence-corrected chi connectivity index (χ1v) is 8.31. The number of hydrogen-bond donors (Lipinski definition) is 1. The van der Waals surface area contributed by atoms with Crippen LogP contribution < -0.4 is 10.2 Å². The lowest BCUT2D eigenvalue weighted by atomic mass is 10.1. The van der Waals surface area contributed by atoms with Crippen LogP contribution in [-0.4, -0.2) is 31.2 Å². The Bertz CT molecular complexity index is 831. The summed E-state index contributed by atoms with van der Waals surface area (Å²) in [5.41, 5.74) is 4.19. The van der Waals surface area contributed by atoms with Crippen LogP contribution in [0.5, 0.6) is 0 Å². The van der Waals surface area contributed by atoms with Crippen LogP contribution in [0.4, 0.5) is 5.69 Å². The van der Waals surface area contributed by atoms with Gasteiger partial charge in [-0.05, 0) is 12.1 Å². The molecule has 1 aliphatic heterocycles. The Balaban J connectivity index is 0.00000169. The number of anilines is 1. The third-order valence-corrected chi connectivity index (χ3v) is 4.60. The second kappa shape index (κ2) is 7.39. The van der Waals surface area contributed by atoms with Crippen LogP contribution in [0, 0.1) is 0 Å². The van der Waals surface area contributed by atoms with Crippen molar-refractivity contribution in [3.8, 4) is 11.3 Å². The fraction of sp³-hybridized carbons (Fsp3) is 0.211. The van der Waals surface area contributed by atoms with Gasteiger partial charge in [-0.2, -0.15) is 0 Å². The summed E-state index contributed by atoms with van der Waals surface area (Å²) in [4.78, 5) is 7.25. The summed E-state index contributed by atoms with van der Waals surface area (Å²) in [7, 11) is 0. The molecule has 4 rings (SSSR count). The maximum Gasteiger partial charge on any atom is 0.0916 e. The monoisotopic (exact) mass is 359 g/mol. The van der Waals surface area contributed by atoms with Crippen LogP contribution in [0.3, 0.4) is 0 Å². The molecule has 3 aromatic rings. The van der Waals surface area contributed by atoms with E-state index < -0.39 is 0 Å². The second-order valence-electron chi connectivity index (χ2n) is 5.77. The van der Waals surface area contributed by atoms with E-state index in [2.05, 4.69) is 34.5 Å². The highest BCUT2D eigenvalue weighted by atomic mass is 35.5. The fourth-order valence-corrected chi connectivity index (χ4v) is 3.34. The van der Waals surface area contributed by atoms with Gasteiger partial charge in [-0.3, -0.25) is 0 Å². The minimum absolute atomic E-state index is 0. The molecule has 1 N–H and O–H groups in total. The summed E-state index contributed by atoms with van der Waals surface area (Å²) in [5.74, 6) is 0. The van der Waals surface area contributed by atoms with Gasteiger partial charge in [0.25, 0.3) is 0 Å². The number of aromatic nitrogens is 1. The molecule has 0 amide bonds. The number of nitrogens with zero attached hydrogens (tertiary/aromatic N) is 2. The zero-order valence-electron chi connectivity index (χ0n) is 13.2. The van der Waals surface area contributed by atoms with Gasteiger partial charge in [0, 0.05) is 42.8 Å². The number of benzene rings is 2. The van der Waals surface area contributed by atoms with Crippen molar-refractivity contribution in [2.24, 2.45) is 0 Å². The van der Waals surface area contributed by atoms with Gasteiger partial charge in [0.1, 0.15) is 0 Å². The van der Waals surface area contributed by atoms with E-state index in [0.29, 0.717) is 5.02 Å². The first kappa shape index (κ1) is 17.0. The first-order chi connectivity index (χ1) is 11.3. The fourth-order valence-electron chi connectivity index (χ4n) is 3.12. The number of rotatable bonds is 2. The van der Waals surface area contributed by atoms with Gasteiger partial charge in [-0.15, -0.1) is 12.4 Å². The highest BCUT2D eigenvalue weighted by molar-refractivity contribution is 6.35. The van der Waals surface area contributed by atoms with Crippen LogP contribution in [-0.2, 0) is 0 Å². The van der Waals surface area contributed by atoms with Crippen molar-refractivity contribution in [2.45, 2.75) is 0 Å². The predicted octanol–water partition coefficient (Wildman–Crippen LogP) is 4.39. The van der Waals surface area contributed by atoms with E-state index in [0.717, 1.165) is 48.3 Å². The molecule has 0 radical (unpaired) electrons. The van der Waals surface area contributed by atoms with Crippen molar-refractivity contribution in [3.05, 3.63) is 59.6 Å². The van der Waals surface area contributed by atoms with Gasteiger partial charge in [-0.25, -0.2) is 4.98 Å². The van der Waals surface area contributed by atoms with E-state index in [9.17, 15) is 0 Å². The molecule has 1 fully saturated rings. The molecule has 0 saturated carbocycles. The van der Waals surface area contributed by atoms with Gasteiger partial charge < -0.3 is 10.2 Å². The van der Waals surface area contributed by atoms with E-state index in [1.807, 2.05) is 30.3 Å². The summed E-state index contributed by atoms with van der Waals surface area (Å²) in [6.07, 6.45) is 0. The molecule has 0 atom stereocenters. The molecule has 2 heterocycles. The molecule has 3 nitrogen and oxygen atoms in total. The largest absolute Gasteiger partial charge is 0.368 e. The predicted molar refractivity (Wildman–Crippen MR) is 105 cm³/mol. The SMILES string of the molecule is Cl.Clc1cccc2c(N3CCNCC3)cc(-c3ccccc3)nc12. The summed E-state index contributed by atoms with van der Waals surface area (Å²) in [6, 6.07) is 18.5. The number of pyridine rings is 1. The maximum atomic E-state index is 6.43. The molecule has 0 unspecified atom stereocenters. The Hall–Kier alpha value is -1.81. The van der Waals surface area contributed by atoms with Crippen molar-refractivity contribution in [2.75, 3.05) is 31.1 Å². The second-order valence-corrected chi connectivity index (χ2v) is 6.17. The molecule has 1 saturated heterocycles. The van der Waals surface area contributed by atoms with Crippen molar-refractivity contribution in [3.63, 3.8) is 0 Å². The molecule has 124 valence electrons. The summed E-state index contributed by atoms with van der Waals surface area (Å²) in [6.45, 7) is 4.01. The highest BCUT2D eigenvalue weighted by Gasteiger charge is 2.16. The molecule has 2 aromatic carbocycles. The van der Waals surface area contributed by atoms with Crippen LogP contribution >= 0.6 is 24.0 Å². The van der Waals surface area contributed by atoms with Gasteiger partial charge in [-0.1, -0.05) is 54.1 Å². The Morgan fingerprint density at radius 1 is 0.958 bits per heavy atom. The number of nitrogens with one attached hydrogen (secondary N) is 1. The van der Waals surface area contributed by atoms with Gasteiger partial charge in [0.2, 0.25) is 0 Å². The maximum absolute atomic E-state index is 6.43. The summed E-state index contributed by atoms with van der Waals surface area (Å²) >= 11 is 6.43. The number of halogens is 2. The van der Waals surface area contributed by atoms with Crippen molar-refractivity contribution in [1.29, 1.82) is 0 Å². The van der Waals surface area contributed by atoms with Crippen molar-refractivity contribution in [1.82, 2.24) is 10.3 Å². The van der Waals surface area contributed by atoms with Crippen LogP contribution in [0.25, 0.3) is 22.2 Å². The molecular formula is C19H19Cl2N3. The van der Waals surface area contributed by atoms with Crippen LogP contribution in [0.2, 0.25) is 5.02 Å². The Kier molecular flexibility index (Phi) is 5.24. The standard InChI is InChI=1S/C19H18ClN3.ClH/c20-16-8-4-7-15-18(23-11-9-21-10-12-23)13-17(22-19(15)16)14-5-2-1-3-6-14;/h1-8,13,21H,9-12H2;1H. The Labute approximate surface area is 153 Å². The van der Waals surface area contributed by atoms with Crippen LogP contribution in [0.15, 0.2) is 54.6 Å². The normalized spacial score (nSPS) is 14.5. The average Bonchev–Trinajstić information content (AvgIpc) is 2.63. The summed E-state index contributed by atoms with van der Waals surface area (Å²) < 4.78 is 0. The topological polar surface area (TPSA) is 28.2 Å². The number of piperazine rings is 1. The lowest BCUT2D eigenvalue weighted by Gasteiger charge is -2.30.